The first-order chi connectivity index (χ1) is 14.7. The molecule has 0 atom stereocenters. The molecule has 3 heterocycles. The quantitative estimate of drug-likeness (QED) is 0.242. The van der Waals surface area contributed by atoms with Crippen LogP contribution >= 0.6 is 34.7 Å². The van der Waals surface area contributed by atoms with Gasteiger partial charge in [0.15, 0.2) is 16.7 Å². The van der Waals surface area contributed by atoms with E-state index in [9.17, 15) is 0 Å². The molecule has 30 heavy (non-hydrogen) atoms. The number of thioether (sulfide) groups is 1. The number of hydrogen-bond donors (Lipinski definition) is 1. The minimum atomic E-state index is 0.460. The first kappa shape index (κ1) is 20.7. The second-order valence-electron chi connectivity index (χ2n) is 6.49. The summed E-state index contributed by atoms with van der Waals surface area (Å²) < 4.78 is 6.12. The SMILES string of the molecule is Cc1csc(Nc2ncc(SCc3ccnc(Cl)c3)cc2OCc2ccccc2)n1. The Balaban J connectivity index is 1.52. The molecule has 0 fully saturated rings. The maximum absolute atomic E-state index is 6.12. The predicted molar refractivity (Wildman–Crippen MR) is 124 cm³/mol. The molecule has 0 saturated carbocycles. The van der Waals surface area contributed by atoms with Crippen LogP contribution in [0.3, 0.4) is 0 Å². The average molecular weight is 455 g/mol. The van der Waals surface area contributed by atoms with Gasteiger partial charge in [0, 0.05) is 28.4 Å². The van der Waals surface area contributed by atoms with E-state index in [0.29, 0.717) is 23.3 Å². The van der Waals surface area contributed by atoms with Crippen LogP contribution in [0.5, 0.6) is 5.75 Å². The number of benzene rings is 1. The molecule has 8 heteroatoms. The number of aromatic nitrogens is 3. The lowest BCUT2D eigenvalue weighted by Crippen LogP contribution is -2.01. The Morgan fingerprint density at radius 1 is 1.10 bits per heavy atom. The minimum Gasteiger partial charge on any atom is -0.485 e. The number of hydrogen-bond acceptors (Lipinski definition) is 7. The second kappa shape index (κ2) is 9.93. The number of pyridine rings is 2. The van der Waals surface area contributed by atoms with Crippen molar-refractivity contribution in [3.8, 4) is 5.75 Å². The standard InChI is InChI=1S/C22H19ClN4OS2/c1-15-13-30-22(26-15)27-21-19(28-12-16-5-3-2-4-6-16)10-18(11-25-21)29-14-17-7-8-24-20(23)9-17/h2-11,13H,12,14H2,1H3,(H,25,26,27). The Bertz CT molecular complexity index is 1120. The smallest absolute Gasteiger partial charge is 0.188 e. The fourth-order valence-electron chi connectivity index (χ4n) is 2.66. The van der Waals surface area contributed by atoms with Crippen LogP contribution in [0.4, 0.5) is 10.9 Å². The molecule has 0 aliphatic carbocycles. The van der Waals surface area contributed by atoms with Crippen molar-refractivity contribution in [3.05, 3.63) is 88.3 Å². The van der Waals surface area contributed by atoms with Gasteiger partial charge in [-0.15, -0.1) is 23.1 Å². The molecule has 0 aliphatic heterocycles. The van der Waals surface area contributed by atoms with Gasteiger partial charge in [-0.3, -0.25) is 0 Å². The molecule has 4 rings (SSSR count). The van der Waals surface area contributed by atoms with E-state index in [0.717, 1.165) is 32.6 Å². The molecule has 0 radical (unpaired) electrons. The van der Waals surface area contributed by atoms with Crippen LogP contribution in [0, 0.1) is 6.92 Å². The Kier molecular flexibility index (Phi) is 6.84. The lowest BCUT2D eigenvalue weighted by Gasteiger charge is -2.13. The zero-order chi connectivity index (χ0) is 20.8. The number of halogens is 1. The highest BCUT2D eigenvalue weighted by atomic mass is 35.5. The van der Waals surface area contributed by atoms with E-state index in [4.69, 9.17) is 16.3 Å². The van der Waals surface area contributed by atoms with Crippen molar-refractivity contribution in [2.24, 2.45) is 0 Å². The number of anilines is 2. The van der Waals surface area contributed by atoms with Crippen molar-refractivity contribution >= 4 is 45.6 Å². The number of ether oxygens (including phenoxy) is 1. The van der Waals surface area contributed by atoms with E-state index in [-0.39, 0.29) is 0 Å². The molecule has 1 aromatic carbocycles. The first-order valence-corrected chi connectivity index (χ1v) is 11.5. The molecule has 4 aromatic rings. The van der Waals surface area contributed by atoms with Crippen molar-refractivity contribution in [1.82, 2.24) is 15.0 Å². The van der Waals surface area contributed by atoms with E-state index < -0.39 is 0 Å². The van der Waals surface area contributed by atoms with Crippen molar-refractivity contribution in [2.75, 3.05) is 5.32 Å². The summed E-state index contributed by atoms with van der Waals surface area (Å²) in [7, 11) is 0. The summed E-state index contributed by atoms with van der Waals surface area (Å²) in [4.78, 5) is 14.1. The fraction of sp³-hybridized carbons (Fsp3) is 0.136. The van der Waals surface area contributed by atoms with Gasteiger partial charge in [-0.05, 0) is 36.2 Å². The van der Waals surface area contributed by atoms with E-state index in [1.54, 1.807) is 18.0 Å². The third-order valence-electron chi connectivity index (χ3n) is 4.11. The minimum absolute atomic E-state index is 0.460. The van der Waals surface area contributed by atoms with Gasteiger partial charge in [0.1, 0.15) is 11.8 Å². The Labute approximate surface area is 188 Å². The van der Waals surface area contributed by atoms with Crippen molar-refractivity contribution in [2.45, 2.75) is 24.2 Å². The molecular weight excluding hydrogens is 436 g/mol. The molecule has 0 bridgehead atoms. The van der Waals surface area contributed by atoms with Crippen LogP contribution in [0.2, 0.25) is 5.15 Å². The van der Waals surface area contributed by atoms with Crippen molar-refractivity contribution in [1.29, 1.82) is 0 Å². The summed E-state index contributed by atoms with van der Waals surface area (Å²) in [6.45, 7) is 2.43. The average Bonchev–Trinajstić information content (AvgIpc) is 3.17. The molecule has 3 aromatic heterocycles. The van der Waals surface area contributed by atoms with Crippen molar-refractivity contribution < 1.29 is 4.74 Å². The number of aryl methyl sites for hydroxylation is 1. The normalized spacial score (nSPS) is 10.7. The topological polar surface area (TPSA) is 59.9 Å². The van der Waals surface area contributed by atoms with Crippen LogP contribution in [0.1, 0.15) is 16.8 Å². The van der Waals surface area contributed by atoms with Crippen molar-refractivity contribution in [3.63, 3.8) is 0 Å². The molecule has 0 spiro atoms. The summed E-state index contributed by atoms with van der Waals surface area (Å²) in [5, 5.41) is 6.56. The van der Waals surface area contributed by atoms with Gasteiger partial charge < -0.3 is 10.1 Å². The van der Waals surface area contributed by atoms with Gasteiger partial charge in [-0.1, -0.05) is 41.9 Å². The number of nitrogens with one attached hydrogen (secondary N) is 1. The molecule has 1 N–H and O–H groups in total. The Hall–Kier alpha value is -2.61. The predicted octanol–water partition coefficient (Wildman–Crippen LogP) is 6.51. The van der Waals surface area contributed by atoms with E-state index in [2.05, 4.69) is 20.3 Å². The summed E-state index contributed by atoms with van der Waals surface area (Å²) in [6, 6.07) is 15.9. The lowest BCUT2D eigenvalue weighted by atomic mass is 10.2. The zero-order valence-electron chi connectivity index (χ0n) is 16.2. The summed E-state index contributed by atoms with van der Waals surface area (Å²) >= 11 is 9.19. The molecule has 0 amide bonds. The first-order valence-electron chi connectivity index (χ1n) is 9.25. The fourth-order valence-corrected chi connectivity index (χ4v) is 4.37. The van der Waals surface area contributed by atoms with E-state index >= 15 is 0 Å². The number of nitrogens with zero attached hydrogens (tertiary/aromatic N) is 3. The molecule has 0 aliphatic rings. The third-order valence-corrected chi connectivity index (χ3v) is 6.22. The van der Waals surface area contributed by atoms with Gasteiger partial charge >= 0.3 is 0 Å². The van der Waals surface area contributed by atoms with Crippen LogP contribution in [-0.2, 0) is 12.4 Å². The van der Waals surface area contributed by atoms with E-state index in [1.165, 1.54) is 11.3 Å². The van der Waals surface area contributed by atoms with Gasteiger partial charge in [-0.2, -0.15) is 0 Å². The summed E-state index contributed by atoms with van der Waals surface area (Å²) in [6.07, 6.45) is 3.56. The highest BCUT2D eigenvalue weighted by molar-refractivity contribution is 7.98. The summed E-state index contributed by atoms with van der Waals surface area (Å²) in [5.41, 5.74) is 3.17. The number of rotatable bonds is 8. The highest BCUT2D eigenvalue weighted by Crippen LogP contribution is 2.33. The Morgan fingerprint density at radius 2 is 1.97 bits per heavy atom. The zero-order valence-corrected chi connectivity index (χ0v) is 18.6. The van der Waals surface area contributed by atoms with Crippen LogP contribution in [0.25, 0.3) is 0 Å². The largest absolute Gasteiger partial charge is 0.485 e. The third kappa shape index (κ3) is 5.72. The Morgan fingerprint density at radius 3 is 2.73 bits per heavy atom. The maximum atomic E-state index is 6.12. The molecule has 152 valence electrons. The number of thiazole rings is 1. The van der Waals surface area contributed by atoms with Gasteiger partial charge in [0.25, 0.3) is 0 Å². The molecule has 0 saturated heterocycles. The summed E-state index contributed by atoms with van der Waals surface area (Å²) in [5.74, 6) is 2.10. The van der Waals surface area contributed by atoms with Gasteiger partial charge in [0.2, 0.25) is 0 Å². The second-order valence-corrected chi connectivity index (χ2v) is 8.78. The monoisotopic (exact) mass is 454 g/mol. The van der Waals surface area contributed by atoms with Gasteiger partial charge in [0.05, 0.1) is 5.69 Å². The van der Waals surface area contributed by atoms with Crippen LogP contribution in [-0.4, -0.2) is 15.0 Å². The van der Waals surface area contributed by atoms with Gasteiger partial charge in [-0.25, -0.2) is 15.0 Å². The van der Waals surface area contributed by atoms with E-state index in [1.807, 2.05) is 67.0 Å². The van der Waals surface area contributed by atoms with Crippen LogP contribution in [0.15, 0.2) is 71.2 Å². The molecular formula is C22H19ClN4OS2. The van der Waals surface area contributed by atoms with Crippen LogP contribution < -0.4 is 10.1 Å². The maximum Gasteiger partial charge on any atom is 0.188 e. The molecule has 0 unspecified atom stereocenters. The molecule has 5 nitrogen and oxygen atoms in total. The highest BCUT2D eigenvalue weighted by Gasteiger charge is 2.11. The lowest BCUT2D eigenvalue weighted by molar-refractivity contribution is 0.306.